The zero-order valence-corrected chi connectivity index (χ0v) is 13.7. The van der Waals surface area contributed by atoms with Gasteiger partial charge in [0.05, 0.1) is 0 Å². The van der Waals surface area contributed by atoms with Gasteiger partial charge in [-0.1, -0.05) is 12.1 Å². The normalized spacial score (nSPS) is 11.8. The van der Waals surface area contributed by atoms with Gasteiger partial charge in [0.15, 0.2) is 6.10 Å². The molecule has 2 N–H and O–H groups in total. The van der Waals surface area contributed by atoms with Crippen molar-refractivity contribution in [2.75, 3.05) is 12.8 Å². The van der Waals surface area contributed by atoms with E-state index in [1.807, 2.05) is 0 Å². The number of carbonyl (C=O) groups excluding carboxylic acids is 2. The molecular weight excluding hydrogens is 315 g/mol. The van der Waals surface area contributed by atoms with Gasteiger partial charge < -0.3 is 15.4 Å². The van der Waals surface area contributed by atoms with Crippen molar-refractivity contribution >= 4 is 17.7 Å². The molecule has 8 heteroatoms. The number of nitrogens with two attached hydrogens (primary N) is 1. The molecule has 1 amide bonds. The summed E-state index contributed by atoms with van der Waals surface area (Å²) in [6.45, 7) is 1.68. The summed E-state index contributed by atoms with van der Waals surface area (Å²) in [5.74, 6) is -1.28. The first kappa shape index (κ1) is 17.5. The van der Waals surface area contributed by atoms with Gasteiger partial charge in [-0.15, -0.1) is 0 Å². The fourth-order valence-electron chi connectivity index (χ4n) is 2.25. The Labute approximate surface area is 138 Å². The van der Waals surface area contributed by atoms with Crippen LogP contribution < -0.4 is 5.73 Å². The maximum atomic E-state index is 13.2. The van der Waals surface area contributed by atoms with Crippen molar-refractivity contribution in [1.29, 1.82) is 0 Å². The van der Waals surface area contributed by atoms with Crippen molar-refractivity contribution in [3.8, 4) is 0 Å². The molecule has 0 aliphatic heterocycles. The van der Waals surface area contributed by atoms with E-state index in [2.05, 4.69) is 5.10 Å². The summed E-state index contributed by atoms with van der Waals surface area (Å²) < 4.78 is 19.6. The molecule has 1 atom stereocenters. The van der Waals surface area contributed by atoms with Crippen LogP contribution in [0.1, 0.15) is 23.0 Å². The third-order valence-electron chi connectivity index (χ3n) is 3.42. The maximum absolute atomic E-state index is 13.2. The monoisotopic (exact) mass is 334 g/mol. The molecule has 1 heterocycles. The molecule has 0 radical (unpaired) electrons. The topological polar surface area (TPSA) is 90.5 Å². The Bertz CT molecular complexity index is 760. The number of hydrogen-bond donors (Lipinski definition) is 1. The van der Waals surface area contributed by atoms with Crippen LogP contribution in [0.5, 0.6) is 0 Å². The lowest BCUT2D eigenvalue weighted by atomic mass is 10.2. The Kier molecular flexibility index (Phi) is 5.18. The summed E-state index contributed by atoms with van der Waals surface area (Å²) >= 11 is 0. The highest BCUT2D eigenvalue weighted by molar-refractivity contribution is 5.91. The molecule has 0 spiro atoms. The van der Waals surface area contributed by atoms with Gasteiger partial charge in [-0.05, 0) is 24.6 Å². The minimum atomic E-state index is -0.993. The number of hydrogen-bond acceptors (Lipinski definition) is 5. The Balaban J connectivity index is 1.98. The molecular formula is C16H19FN4O3. The number of aryl methyl sites for hydroxylation is 1. The van der Waals surface area contributed by atoms with Gasteiger partial charge in [-0.2, -0.15) is 5.10 Å². The molecule has 24 heavy (non-hydrogen) atoms. The molecule has 0 saturated heterocycles. The highest BCUT2D eigenvalue weighted by atomic mass is 19.1. The number of carbonyl (C=O) groups is 2. The summed E-state index contributed by atoms with van der Waals surface area (Å²) in [5.41, 5.74) is 6.30. The number of aromatic nitrogens is 2. The molecule has 128 valence electrons. The number of amides is 1. The van der Waals surface area contributed by atoms with Crippen LogP contribution in [-0.4, -0.2) is 39.7 Å². The second-order valence-corrected chi connectivity index (χ2v) is 5.45. The summed E-state index contributed by atoms with van der Waals surface area (Å²) in [7, 11) is 3.11. The molecule has 2 rings (SSSR count). The van der Waals surface area contributed by atoms with Crippen LogP contribution in [0.25, 0.3) is 0 Å². The Morgan fingerprint density at radius 3 is 2.71 bits per heavy atom. The van der Waals surface area contributed by atoms with Crippen LogP contribution in [0.4, 0.5) is 10.2 Å². The summed E-state index contributed by atoms with van der Waals surface area (Å²) in [6.07, 6.45) is -0.993. The lowest BCUT2D eigenvalue weighted by Gasteiger charge is -2.21. The van der Waals surface area contributed by atoms with Gasteiger partial charge in [0.1, 0.15) is 17.3 Å². The smallest absolute Gasteiger partial charge is 0.357 e. The standard InChI is InChI=1S/C16H19FN4O3/c1-10(24-16(23)13-8-14(18)19-21(13)3)15(22)20(2)9-11-5-4-6-12(17)7-11/h4-8,10H,9H2,1-3H3,(H2,18,19). The number of likely N-dealkylation sites (N-methyl/N-ethyl adjacent to an activating group) is 1. The summed E-state index contributed by atoms with van der Waals surface area (Å²) in [6, 6.07) is 7.32. The molecule has 1 aromatic carbocycles. The van der Waals surface area contributed by atoms with Crippen LogP contribution in [0.2, 0.25) is 0 Å². The van der Waals surface area contributed by atoms with E-state index >= 15 is 0 Å². The Hall–Kier alpha value is -2.90. The van der Waals surface area contributed by atoms with Gasteiger partial charge in [-0.25, -0.2) is 9.18 Å². The van der Waals surface area contributed by atoms with Crippen molar-refractivity contribution in [3.63, 3.8) is 0 Å². The highest BCUT2D eigenvalue weighted by Gasteiger charge is 2.24. The molecule has 1 aromatic heterocycles. The fourth-order valence-corrected chi connectivity index (χ4v) is 2.25. The van der Waals surface area contributed by atoms with Crippen LogP contribution in [-0.2, 0) is 23.1 Å². The maximum Gasteiger partial charge on any atom is 0.357 e. The molecule has 0 bridgehead atoms. The number of nitrogens with zero attached hydrogens (tertiary/aromatic N) is 3. The first-order chi connectivity index (χ1) is 11.3. The molecule has 7 nitrogen and oxygen atoms in total. The molecule has 0 aliphatic carbocycles. The predicted octanol–water partition coefficient (Wildman–Crippen LogP) is 1.35. The average molecular weight is 334 g/mol. The van der Waals surface area contributed by atoms with Crippen LogP contribution in [0.3, 0.4) is 0 Å². The van der Waals surface area contributed by atoms with E-state index in [-0.39, 0.29) is 23.9 Å². The first-order valence-corrected chi connectivity index (χ1v) is 7.28. The molecule has 0 aliphatic rings. The number of ether oxygens (including phenoxy) is 1. The first-order valence-electron chi connectivity index (χ1n) is 7.28. The van der Waals surface area contributed by atoms with Crippen LogP contribution >= 0.6 is 0 Å². The van der Waals surface area contributed by atoms with E-state index in [0.29, 0.717) is 5.56 Å². The minimum absolute atomic E-state index is 0.153. The van der Waals surface area contributed by atoms with Crippen molar-refractivity contribution in [2.45, 2.75) is 19.6 Å². The van der Waals surface area contributed by atoms with Gasteiger partial charge in [0.25, 0.3) is 5.91 Å². The number of benzene rings is 1. The van der Waals surface area contributed by atoms with Crippen molar-refractivity contribution < 1.29 is 18.7 Å². The van der Waals surface area contributed by atoms with Gasteiger partial charge in [0, 0.05) is 26.7 Å². The van der Waals surface area contributed by atoms with E-state index in [1.54, 1.807) is 26.2 Å². The van der Waals surface area contributed by atoms with E-state index in [1.165, 1.54) is 34.7 Å². The largest absolute Gasteiger partial charge is 0.448 e. The number of anilines is 1. The molecule has 1 unspecified atom stereocenters. The SMILES string of the molecule is CC(OC(=O)c1cc(N)nn1C)C(=O)N(C)Cc1cccc(F)c1. The minimum Gasteiger partial charge on any atom is -0.448 e. The Morgan fingerprint density at radius 2 is 2.12 bits per heavy atom. The van der Waals surface area contributed by atoms with E-state index in [9.17, 15) is 14.0 Å². The van der Waals surface area contributed by atoms with E-state index < -0.39 is 18.0 Å². The van der Waals surface area contributed by atoms with E-state index in [0.717, 1.165) is 0 Å². The zero-order chi connectivity index (χ0) is 17.9. The second-order valence-electron chi connectivity index (χ2n) is 5.45. The zero-order valence-electron chi connectivity index (χ0n) is 13.7. The fraction of sp³-hybridized carbons (Fsp3) is 0.312. The third kappa shape index (κ3) is 4.09. The number of halogens is 1. The Morgan fingerprint density at radius 1 is 1.42 bits per heavy atom. The second kappa shape index (κ2) is 7.12. The summed E-state index contributed by atoms with van der Waals surface area (Å²) in [5, 5.41) is 3.85. The summed E-state index contributed by atoms with van der Waals surface area (Å²) in [4.78, 5) is 25.7. The predicted molar refractivity (Wildman–Crippen MR) is 85.4 cm³/mol. The van der Waals surface area contributed by atoms with E-state index in [4.69, 9.17) is 10.5 Å². The van der Waals surface area contributed by atoms with Gasteiger partial charge in [-0.3, -0.25) is 9.48 Å². The van der Waals surface area contributed by atoms with Crippen molar-refractivity contribution in [1.82, 2.24) is 14.7 Å². The quantitative estimate of drug-likeness (QED) is 0.834. The van der Waals surface area contributed by atoms with Gasteiger partial charge >= 0.3 is 5.97 Å². The number of esters is 1. The van der Waals surface area contributed by atoms with Crippen molar-refractivity contribution in [2.24, 2.45) is 7.05 Å². The third-order valence-corrected chi connectivity index (χ3v) is 3.42. The lowest BCUT2D eigenvalue weighted by molar-refractivity contribution is -0.139. The highest BCUT2D eigenvalue weighted by Crippen LogP contribution is 2.11. The molecule has 0 saturated carbocycles. The molecule has 2 aromatic rings. The van der Waals surface area contributed by atoms with Crippen LogP contribution in [0.15, 0.2) is 30.3 Å². The number of nitrogen functional groups attached to an aromatic ring is 1. The lowest BCUT2D eigenvalue weighted by Crippen LogP contribution is -2.37. The van der Waals surface area contributed by atoms with Crippen LogP contribution in [0, 0.1) is 5.82 Å². The van der Waals surface area contributed by atoms with Gasteiger partial charge in [0.2, 0.25) is 0 Å². The average Bonchev–Trinajstić information content (AvgIpc) is 2.85. The number of rotatable bonds is 5. The van der Waals surface area contributed by atoms with Crippen molar-refractivity contribution in [3.05, 3.63) is 47.4 Å². The molecule has 0 fully saturated rings.